The third kappa shape index (κ3) is 4.18. The van der Waals surface area contributed by atoms with Crippen LogP contribution in [-0.2, 0) is 26.2 Å². The summed E-state index contributed by atoms with van der Waals surface area (Å²) < 4.78 is 3.51. The number of aryl methyl sites for hydroxylation is 2. The minimum Gasteiger partial charge on any atom is -0.321 e. The van der Waals surface area contributed by atoms with E-state index in [1.54, 1.807) is 15.9 Å². The lowest BCUT2D eigenvalue weighted by atomic mass is 10.3. The van der Waals surface area contributed by atoms with Gasteiger partial charge >= 0.3 is 5.69 Å². The number of unbranched alkanes of at least 4 members (excludes halogenated alkanes) is 1. The molecule has 0 unspecified atom stereocenters. The average Bonchev–Trinajstić information content (AvgIpc) is 3.29. The molecule has 0 amide bonds. The Morgan fingerprint density at radius 3 is 2.75 bits per heavy atom. The Hall–Kier alpha value is -2.45. The lowest BCUT2D eigenvalue weighted by Crippen LogP contribution is -2.31. The summed E-state index contributed by atoms with van der Waals surface area (Å²) in [7, 11) is 0. The van der Waals surface area contributed by atoms with Crippen LogP contribution in [0.5, 0.6) is 0 Å². The highest BCUT2D eigenvalue weighted by molar-refractivity contribution is 7.09. The van der Waals surface area contributed by atoms with Crippen molar-refractivity contribution in [2.75, 3.05) is 6.54 Å². The third-order valence-electron chi connectivity index (χ3n) is 4.73. The molecule has 0 saturated carbocycles. The molecule has 8 heteroatoms. The van der Waals surface area contributed by atoms with Crippen LogP contribution in [0.3, 0.4) is 0 Å². The zero-order valence-corrected chi connectivity index (χ0v) is 17.3. The first-order valence-corrected chi connectivity index (χ1v) is 10.5. The maximum Gasteiger partial charge on any atom is 0.330 e. The van der Waals surface area contributed by atoms with Gasteiger partial charge in [0, 0.05) is 31.1 Å². The summed E-state index contributed by atoms with van der Waals surface area (Å²) >= 11 is 1.71. The predicted octanol–water partition coefficient (Wildman–Crippen LogP) is 2.96. The Bertz CT molecular complexity index is 1050. The molecule has 3 aromatic rings. The van der Waals surface area contributed by atoms with Crippen molar-refractivity contribution < 1.29 is 0 Å². The molecule has 7 nitrogen and oxygen atoms in total. The highest BCUT2D eigenvalue weighted by Crippen LogP contribution is 2.17. The molecule has 3 aromatic heterocycles. The second-order valence-electron chi connectivity index (χ2n) is 6.75. The standard InChI is InChI=1S/C20H27N5O2S/c1-4-7-11-25-18-17(19(26)22-20(25)27)24(6-3)16(21-18)14-23(10-5-2)13-15-9-8-12-28-15/h5,8-9,12H,2,4,6-7,10-11,13-14H2,1,3H3,(H,22,26,27). The van der Waals surface area contributed by atoms with E-state index >= 15 is 0 Å². The molecule has 0 radical (unpaired) electrons. The molecular weight excluding hydrogens is 374 g/mol. The first-order chi connectivity index (χ1) is 13.6. The van der Waals surface area contributed by atoms with E-state index < -0.39 is 0 Å². The van der Waals surface area contributed by atoms with Crippen molar-refractivity contribution in [3.63, 3.8) is 0 Å². The molecule has 0 aliphatic carbocycles. The number of H-pyrrole nitrogens is 1. The first-order valence-electron chi connectivity index (χ1n) is 9.66. The molecule has 0 fully saturated rings. The fourth-order valence-electron chi connectivity index (χ4n) is 3.39. The maximum absolute atomic E-state index is 12.5. The van der Waals surface area contributed by atoms with Gasteiger partial charge in [0.2, 0.25) is 0 Å². The molecule has 28 heavy (non-hydrogen) atoms. The van der Waals surface area contributed by atoms with Crippen LogP contribution in [0.4, 0.5) is 0 Å². The third-order valence-corrected chi connectivity index (χ3v) is 5.59. The normalized spacial score (nSPS) is 11.5. The van der Waals surface area contributed by atoms with Crippen molar-refractivity contribution in [2.45, 2.75) is 52.9 Å². The maximum atomic E-state index is 12.5. The molecule has 0 saturated heterocycles. The van der Waals surface area contributed by atoms with E-state index in [0.717, 1.165) is 25.2 Å². The Balaban J connectivity index is 2.04. The first kappa shape index (κ1) is 20.3. The molecule has 150 valence electrons. The minimum atomic E-state index is -0.389. The van der Waals surface area contributed by atoms with Crippen molar-refractivity contribution in [2.24, 2.45) is 0 Å². The number of aromatic amines is 1. The molecular formula is C20H27N5O2S. The Morgan fingerprint density at radius 1 is 1.29 bits per heavy atom. The lowest BCUT2D eigenvalue weighted by molar-refractivity contribution is 0.277. The largest absolute Gasteiger partial charge is 0.330 e. The van der Waals surface area contributed by atoms with Crippen molar-refractivity contribution in [3.8, 4) is 0 Å². The number of rotatable bonds is 10. The SMILES string of the molecule is C=CCN(Cc1cccs1)Cc1nc2c(c(=O)[nH]c(=O)n2CCCC)n1CC. The Morgan fingerprint density at radius 2 is 2.11 bits per heavy atom. The van der Waals surface area contributed by atoms with E-state index in [1.165, 1.54) is 4.88 Å². The highest BCUT2D eigenvalue weighted by atomic mass is 32.1. The summed E-state index contributed by atoms with van der Waals surface area (Å²) in [6, 6.07) is 4.15. The van der Waals surface area contributed by atoms with Gasteiger partial charge in [0.25, 0.3) is 5.56 Å². The van der Waals surface area contributed by atoms with E-state index in [0.29, 0.717) is 37.3 Å². The topological polar surface area (TPSA) is 75.9 Å². The van der Waals surface area contributed by atoms with Crippen LogP contribution in [-0.4, -0.2) is 30.5 Å². The molecule has 3 rings (SSSR count). The fraction of sp³-hybridized carbons (Fsp3) is 0.450. The summed E-state index contributed by atoms with van der Waals surface area (Å²) in [4.78, 5) is 35.6. The van der Waals surface area contributed by atoms with Crippen LogP contribution in [0.15, 0.2) is 39.8 Å². The van der Waals surface area contributed by atoms with Crippen molar-refractivity contribution >= 4 is 22.5 Å². The number of fused-ring (bicyclic) bond motifs is 1. The summed E-state index contributed by atoms with van der Waals surface area (Å²) in [6.45, 7) is 11.2. The number of thiophene rings is 1. The Labute approximate surface area is 168 Å². The molecule has 0 spiro atoms. The van der Waals surface area contributed by atoms with Crippen LogP contribution in [0.25, 0.3) is 11.2 Å². The van der Waals surface area contributed by atoms with Crippen LogP contribution in [0, 0.1) is 0 Å². The number of hydrogen-bond acceptors (Lipinski definition) is 5. The molecule has 0 bridgehead atoms. The quantitative estimate of drug-likeness (QED) is 0.530. The van der Waals surface area contributed by atoms with Gasteiger partial charge in [-0.05, 0) is 24.8 Å². The van der Waals surface area contributed by atoms with Gasteiger partial charge in [-0.15, -0.1) is 17.9 Å². The molecule has 0 aliphatic heterocycles. The van der Waals surface area contributed by atoms with Crippen LogP contribution in [0.2, 0.25) is 0 Å². The van der Waals surface area contributed by atoms with Crippen molar-refractivity contribution in [3.05, 3.63) is 61.7 Å². The van der Waals surface area contributed by atoms with Gasteiger partial charge in [0.15, 0.2) is 11.2 Å². The molecule has 1 N–H and O–H groups in total. The smallest absolute Gasteiger partial charge is 0.321 e. The molecule has 0 aliphatic rings. The van der Waals surface area contributed by atoms with E-state index in [2.05, 4.69) is 34.8 Å². The van der Waals surface area contributed by atoms with Gasteiger partial charge in [0.1, 0.15) is 5.82 Å². The van der Waals surface area contributed by atoms with Crippen LogP contribution in [0.1, 0.15) is 37.4 Å². The number of aromatic nitrogens is 4. The van der Waals surface area contributed by atoms with Crippen molar-refractivity contribution in [1.82, 2.24) is 24.0 Å². The van der Waals surface area contributed by atoms with Gasteiger partial charge in [0.05, 0.1) is 6.54 Å². The summed E-state index contributed by atoms with van der Waals surface area (Å²) in [5.74, 6) is 0.789. The van der Waals surface area contributed by atoms with Gasteiger partial charge in [-0.3, -0.25) is 19.2 Å². The second-order valence-corrected chi connectivity index (χ2v) is 7.78. The number of hydrogen-bond donors (Lipinski definition) is 1. The van der Waals surface area contributed by atoms with Crippen LogP contribution < -0.4 is 11.2 Å². The Kier molecular flexibility index (Phi) is 6.64. The van der Waals surface area contributed by atoms with E-state index in [-0.39, 0.29) is 11.2 Å². The predicted molar refractivity (Wildman–Crippen MR) is 114 cm³/mol. The van der Waals surface area contributed by atoms with Crippen LogP contribution >= 0.6 is 11.3 Å². The zero-order chi connectivity index (χ0) is 20.1. The monoisotopic (exact) mass is 401 g/mol. The van der Waals surface area contributed by atoms with E-state index in [1.807, 2.05) is 23.6 Å². The number of imidazole rings is 1. The summed E-state index contributed by atoms with van der Waals surface area (Å²) in [5.41, 5.74) is 0.193. The minimum absolute atomic E-state index is 0.373. The van der Waals surface area contributed by atoms with E-state index in [9.17, 15) is 9.59 Å². The number of nitrogens with one attached hydrogen (secondary N) is 1. The second kappa shape index (κ2) is 9.16. The fourth-order valence-corrected chi connectivity index (χ4v) is 4.14. The highest BCUT2D eigenvalue weighted by Gasteiger charge is 2.19. The number of nitrogens with zero attached hydrogens (tertiary/aromatic N) is 4. The average molecular weight is 402 g/mol. The zero-order valence-electron chi connectivity index (χ0n) is 16.5. The summed E-state index contributed by atoms with van der Waals surface area (Å²) in [5, 5.41) is 2.06. The molecule has 0 aromatic carbocycles. The van der Waals surface area contributed by atoms with E-state index in [4.69, 9.17) is 4.98 Å². The van der Waals surface area contributed by atoms with Gasteiger partial charge in [-0.1, -0.05) is 25.5 Å². The molecule has 0 atom stereocenters. The summed E-state index contributed by atoms with van der Waals surface area (Å²) in [6.07, 6.45) is 3.69. The molecule has 3 heterocycles. The van der Waals surface area contributed by atoms with Gasteiger partial charge < -0.3 is 4.57 Å². The van der Waals surface area contributed by atoms with Gasteiger partial charge in [-0.2, -0.15) is 0 Å². The van der Waals surface area contributed by atoms with Gasteiger partial charge in [-0.25, -0.2) is 9.78 Å². The van der Waals surface area contributed by atoms with Crippen molar-refractivity contribution in [1.29, 1.82) is 0 Å². The lowest BCUT2D eigenvalue weighted by Gasteiger charge is -2.20.